The molecule has 162 valence electrons. The molecule has 1 aliphatic heterocycles. The van der Waals surface area contributed by atoms with Crippen LogP contribution in [0.15, 0.2) is 82.0 Å². The van der Waals surface area contributed by atoms with Crippen molar-refractivity contribution in [3.63, 3.8) is 0 Å². The monoisotopic (exact) mass is 430 g/mol. The quantitative estimate of drug-likeness (QED) is 0.459. The summed E-state index contributed by atoms with van der Waals surface area (Å²) in [7, 11) is 1.66. The van der Waals surface area contributed by atoms with Crippen LogP contribution >= 0.6 is 0 Å². The van der Waals surface area contributed by atoms with E-state index in [1.54, 1.807) is 13.2 Å². The van der Waals surface area contributed by atoms with Gasteiger partial charge in [0.25, 0.3) is 0 Å². The maximum atomic E-state index is 15.0. The van der Waals surface area contributed by atoms with E-state index in [1.165, 1.54) is 12.1 Å². The number of piperazine rings is 1. The third kappa shape index (κ3) is 3.68. The van der Waals surface area contributed by atoms with Gasteiger partial charge in [0.15, 0.2) is 5.43 Å². The summed E-state index contributed by atoms with van der Waals surface area (Å²) < 4.78 is 26.5. The number of anilines is 2. The van der Waals surface area contributed by atoms with Crippen LogP contribution in [0.1, 0.15) is 0 Å². The van der Waals surface area contributed by atoms with Crippen LogP contribution in [-0.2, 0) is 0 Å². The van der Waals surface area contributed by atoms with Gasteiger partial charge in [-0.3, -0.25) is 4.79 Å². The van der Waals surface area contributed by atoms with Crippen LogP contribution in [0.4, 0.5) is 15.8 Å². The van der Waals surface area contributed by atoms with E-state index in [2.05, 4.69) is 4.90 Å². The van der Waals surface area contributed by atoms with Gasteiger partial charge >= 0.3 is 0 Å². The third-order valence-corrected chi connectivity index (χ3v) is 5.90. The number of benzene rings is 3. The van der Waals surface area contributed by atoms with Gasteiger partial charge in [-0.15, -0.1) is 0 Å². The Balaban J connectivity index is 1.44. The number of hydrogen-bond donors (Lipinski definition) is 0. The van der Waals surface area contributed by atoms with E-state index in [9.17, 15) is 9.18 Å². The number of fused-ring (bicyclic) bond motifs is 1. The highest BCUT2D eigenvalue weighted by Gasteiger charge is 2.23. The van der Waals surface area contributed by atoms with Crippen molar-refractivity contribution in [2.75, 3.05) is 43.1 Å². The predicted octanol–water partition coefficient (Wildman–Crippen LogP) is 4.93. The Kier molecular flexibility index (Phi) is 5.27. The predicted molar refractivity (Wildman–Crippen MR) is 125 cm³/mol. The molecule has 0 unspecified atom stereocenters. The summed E-state index contributed by atoms with van der Waals surface area (Å²) >= 11 is 0. The maximum Gasteiger partial charge on any atom is 0.193 e. The standard InChI is InChI=1S/C26H23FN2O3/c1-31-24-10-6-5-9-21(24)28-11-13-29(14-12-28)22-16-26-19(15-20(22)27)23(30)17-25(32-26)18-7-3-2-4-8-18/h2-10,15-17H,11-14H2,1H3. The Morgan fingerprint density at radius 1 is 0.844 bits per heavy atom. The molecule has 0 saturated carbocycles. The number of para-hydroxylation sites is 2. The molecule has 5 rings (SSSR count). The Morgan fingerprint density at radius 3 is 2.22 bits per heavy atom. The second-order valence-electron chi connectivity index (χ2n) is 7.79. The van der Waals surface area contributed by atoms with Crippen molar-refractivity contribution in [1.29, 1.82) is 0 Å². The van der Waals surface area contributed by atoms with Crippen LogP contribution in [0, 0.1) is 5.82 Å². The number of methoxy groups -OCH3 is 1. The molecule has 4 aromatic rings. The number of ether oxygens (including phenoxy) is 1. The Hall–Kier alpha value is -3.80. The van der Waals surface area contributed by atoms with Crippen molar-refractivity contribution < 1.29 is 13.5 Å². The highest BCUT2D eigenvalue weighted by atomic mass is 19.1. The van der Waals surface area contributed by atoms with E-state index in [0.717, 1.165) is 30.1 Å². The first-order valence-electron chi connectivity index (χ1n) is 10.6. The van der Waals surface area contributed by atoms with Crippen molar-refractivity contribution in [3.8, 4) is 17.1 Å². The van der Waals surface area contributed by atoms with Gasteiger partial charge < -0.3 is 19.0 Å². The third-order valence-electron chi connectivity index (χ3n) is 5.90. The zero-order valence-electron chi connectivity index (χ0n) is 17.8. The molecule has 0 bridgehead atoms. The second kappa shape index (κ2) is 8.38. The fourth-order valence-corrected chi connectivity index (χ4v) is 4.23. The largest absolute Gasteiger partial charge is 0.495 e. The molecule has 1 aliphatic rings. The van der Waals surface area contributed by atoms with Crippen LogP contribution in [0.3, 0.4) is 0 Å². The van der Waals surface area contributed by atoms with Gasteiger partial charge in [-0.05, 0) is 18.2 Å². The van der Waals surface area contributed by atoms with E-state index in [-0.39, 0.29) is 10.8 Å². The topological polar surface area (TPSA) is 45.9 Å². The molecule has 0 amide bonds. The number of rotatable bonds is 4. The smallest absolute Gasteiger partial charge is 0.193 e. The molecule has 6 heteroatoms. The molecular weight excluding hydrogens is 407 g/mol. The Morgan fingerprint density at radius 2 is 1.50 bits per heavy atom. The van der Waals surface area contributed by atoms with Crippen molar-refractivity contribution in [1.82, 2.24) is 0 Å². The van der Waals surface area contributed by atoms with Gasteiger partial charge in [-0.1, -0.05) is 42.5 Å². The molecule has 5 nitrogen and oxygen atoms in total. The lowest BCUT2D eigenvalue weighted by Gasteiger charge is -2.37. The molecule has 32 heavy (non-hydrogen) atoms. The Labute approximate surface area is 185 Å². The summed E-state index contributed by atoms with van der Waals surface area (Å²) in [5, 5.41) is 0.249. The molecular formula is C26H23FN2O3. The summed E-state index contributed by atoms with van der Waals surface area (Å²) in [6, 6.07) is 21.7. The van der Waals surface area contributed by atoms with E-state index >= 15 is 0 Å². The normalized spacial score (nSPS) is 14.1. The van der Waals surface area contributed by atoms with Gasteiger partial charge in [0.2, 0.25) is 0 Å². The molecule has 1 fully saturated rings. The zero-order chi connectivity index (χ0) is 22.1. The average Bonchev–Trinajstić information content (AvgIpc) is 2.85. The molecule has 2 heterocycles. The summed E-state index contributed by atoms with van der Waals surface area (Å²) in [5.74, 6) is 0.887. The molecule has 0 spiro atoms. The van der Waals surface area contributed by atoms with Gasteiger partial charge in [-0.2, -0.15) is 0 Å². The molecule has 3 aromatic carbocycles. The minimum Gasteiger partial charge on any atom is -0.495 e. The van der Waals surface area contributed by atoms with Crippen molar-refractivity contribution in [2.45, 2.75) is 0 Å². The molecule has 1 saturated heterocycles. The highest BCUT2D eigenvalue weighted by Crippen LogP contribution is 2.31. The lowest BCUT2D eigenvalue weighted by Crippen LogP contribution is -2.47. The van der Waals surface area contributed by atoms with Gasteiger partial charge in [-0.25, -0.2) is 4.39 Å². The lowest BCUT2D eigenvalue weighted by molar-refractivity contribution is 0.413. The second-order valence-corrected chi connectivity index (χ2v) is 7.79. The van der Waals surface area contributed by atoms with E-state index in [0.29, 0.717) is 30.1 Å². The van der Waals surface area contributed by atoms with Gasteiger partial charge in [0, 0.05) is 43.9 Å². The highest BCUT2D eigenvalue weighted by molar-refractivity contribution is 5.82. The van der Waals surface area contributed by atoms with E-state index in [1.807, 2.05) is 59.5 Å². The van der Waals surface area contributed by atoms with Crippen LogP contribution < -0.4 is 20.0 Å². The minimum atomic E-state index is -0.414. The molecule has 0 N–H and O–H groups in total. The molecule has 0 radical (unpaired) electrons. The molecule has 0 aliphatic carbocycles. The van der Waals surface area contributed by atoms with Crippen LogP contribution in [0.25, 0.3) is 22.3 Å². The van der Waals surface area contributed by atoms with Crippen LogP contribution in [0.2, 0.25) is 0 Å². The van der Waals surface area contributed by atoms with Crippen molar-refractivity contribution >= 4 is 22.3 Å². The first-order valence-corrected chi connectivity index (χ1v) is 10.6. The minimum absolute atomic E-state index is 0.249. The van der Waals surface area contributed by atoms with Gasteiger partial charge in [0.05, 0.1) is 23.9 Å². The first kappa shape index (κ1) is 20.1. The zero-order valence-corrected chi connectivity index (χ0v) is 17.8. The van der Waals surface area contributed by atoms with E-state index in [4.69, 9.17) is 9.15 Å². The van der Waals surface area contributed by atoms with E-state index < -0.39 is 5.82 Å². The molecule has 0 atom stereocenters. The van der Waals surface area contributed by atoms with Crippen LogP contribution in [0.5, 0.6) is 5.75 Å². The average molecular weight is 430 g/mol. The first-order chi connectivity index (χ1) is 15.6. The fraction of sp³-hybridized carbons (Fsp3) is 0.192. The van der Waals surface area contributed by atoms with Crippen LogP contribution in [-0.4, -0.2) is 33.3 Å². The van der Waals surface area contributed by atoms with Gasteiger partial charge in [0.1, 0.15) is 22.9 Å². The summed E-state index contributed by atoms with van der Waals surface area (Å²) in [5.41, 5.74) is 2.43. The number of halogens is 1. The number of hydrogen-bond acceptors (Lipinski definition) is 5. The fourth-order valence-electron chi connectivity index (χ4n) is 4.23. The summed E-state index contributed by atoms with van der Waals surface area (Å²) in [4.78, 5) is 16.8. The number of nitrogens with zero attached hydrogens (tertiary/aromatic N) is 2. The molecule has 1 aromatic heterocycles. The van der Waals surface area contributed by atoms with Crippen molar-refractivity contribution in [2.24, 2.45) is 0 Å². The van der Waals surface area contributed by atoms with Crippen molar-refractivity contribution in [3.05, 3.63) is 88.8 Å². The summed E-state index contributed by atoms with van der Waals surface area (Å²) in [6.45, 7) is 2.74. The SMILES string of the molecule is COc1ccccc1N1CCN(c2cc3oc(-c4ccccc4)cc(=O)c3cc2F)CC1. The Bertz CT molecular complexity index is 1310. The maximum absolute atomic E-state index is 15.0. The lowest BCUT2D eigenvalue weighted by atomic mass is 10.1. The summed E-state index contributed by atoms with van der Waals surface area (Å²) in [6.07, 6.45) is 0.